The van der Waals surface area contributed by atoms with E-state index in [-0.39, 0.29) is 31.4 Å². The minimum atomic E-state index is -3.92. The first-order valence-corrected chi connectivity index (χ1v) is 22.8. The maximum atomic E-state index is 14.8. The second-order valence-electron chi connectivity index (χ2n) is 16.8. The van der Waals surface area contributed by atoms with Gasteiger partial charge in [0.2, 0.25) is 27.7 Å². The number of allylic oxidation sites excluding steroid dienone is 1. The molecular formula is C43H49N9O8S. The van der Waals surface area contributed by atoms with E-state index in [1.165, 1.54) is 4.90 Å². The van der Waals surface area contributed by atoms with E-state index in [1.807, 2.05) is 60.7 Å². The highest BCUT2D eigenvalue weighted by atomic mass is 32.2. The zero-order valence-corrected chi connectivity index (χ0v) is 34.4. The molecule has 17 nitrogen and oxygen atoms in total. The van der Waals surface area contributed by atoms with Crippen molar-refractivity contribution < 1.29 is 37.1 Å². The predicted octanol–water partition coefficient (Wildman–Crippen LogP) is 4.47. The summed E-state index contributed by atoms with van der Waals surface area (Å²) >= 11 is 0. The van der Waals surface area contributed by atoms with Crippen LogP contribution in [0.4, 0.5) is 4.79 Å². The molecule has 2 aromatic heterocycles. The van der Waals surface area contributed by atoms with Gasteiger partial charge in [-0.05, 0) is 76.3 Å². The Kier molecular flexibility index (Phi) is 11.2. The Morgan fingerprint density at radius 2 is 1.54 bits per heavy atom. The Morgan fingerprint density at radius 1 is 0.820 bits per heavy atom. The first-order valence-electron chi connectivity index (χ1n) is 21.3. The lowest BCUT2D eigenvalue weighted by molar-refractivity contribution is -0.141. The number of fused-ring (bicyclic) bond motifs is 3. The molecule has 3 aliphatic carbocycles. The summed E-state index contributed by atoms with van der Waals surface area (Å²) < 4.78 is 40.5. The third-order valence-electron chi connectivity index (χ3n) is 12.3. The van der Waals surface area contributed by atoms with Crippen LogP contribution in [0.5, 0.6) is 5.88 Å². The molecule has 0 radical (unpaired) electrons. The van der Waals surface area contributed by atoms with Gasteiger partial charge in [-0.2, -0.15) is 15.4 Å². The van der Waals surface area contributed by atoms with Crippen LogP contribution in [0.15, 0.2) is 66.7 Å². The van der Waals surface area contributed by atoms with Gasteiger partial charge in [-0.15, -0.1) is 0 Å². The number of nitrogens with one attached hydrogen (secondary N) is 4. The zero-order chi connectivity index (χ0) is 42.1. The van der Waals surface area contributed by atoms with Crippen molar-refractivity contribution in [1.82, 2.24) is 45.6 Å². The molecule has 4 amide bonds. The van der Waals surface area contributed by atoms with Gasteiger partial charge >= 0.3 is 6.09 Å². The number of hydrogen-bond acceptors (Lipinski definition) is 12. The number of sulfonamides is 1. The summed E-state index contributed by atoms with van der Waals surface area (Å²) in [6.45, 7) is -0.0797. The van der Waals surface area contributed by atoms with Gasteiger partial charge in [0.25, 0.3) is 5.91 Å². The first-order chi connectivity index (χ1) is 29.6. The van der Waals surface area contributed by atoms with E-state index in [2.05, 4.69) is 30.8 Å². The number of nitrogens with zero attached hydrogens (tertiary/aromatic N) is 5. The van der Waals surface area contributed by atoms with Crippen LogP contribution in [0.3, 0.4) is 0 Å². The van der Waals surface area contributed by atoms with E-state index in [0.717, 1.165) is 44.1 Å². The number of aromatic amines is 1. The van der Waals surface area contributed by atoms with Crippen LogP contribution < -0.4 is 20.1 Å². The van der Waals surface area contributed by atoms with Gasteiger partial charge in [-0.1, -0.05) is 67.5 Å². The summed E-state index contributed by atoms with van der Waals surface area (Å²) in [5.74, 6) is -2.30. The van der Waals surface area contributed by atoms with Crippen molar-refractivity contribution in [3.8, 4) is 28.5 Å². The number of alkyl carbamates (subject to hydrolysis) is 1. The fraction of sp³-hybridized carbons (Fsp3) is 0.488. The van der Waals surface area contributed by atoms with Crippen LogP contribution in [0.1, 0.15) is 83.5 Å². The smallest absolute Gasteiger partial charge is 0.408 e. The average Bonchev–Trinajstić information content (AvgIpc) is 4.02. The largest absolute Gasteiger partial charge is 0.471 e. The van der Waals surface area contributed by atoms with Crippen LogP contribution >= 0.6 is 0 Å². The SMILES string of the molecule is O=C(N[C@H]1CCCCC/C=C\[C@@H]2C[C@@]2(C(=O)NS(=O)(=O)C2CC2)NC(=O)[C@@H]2C[C@@H](Oc3nc4ccccc4nc3-c3n[nH]nc3-c3ccccc3)CN2C1=O)OC1CCCC1. The highest BCUT2D eigenvalue weighted by Crippen LogP contribution is 2.46. The summed E-state index contributed by atoms with van der Waals surface area (Å²) in [4.78, 5) is 67.7. The topological polar surface area (TPSA) is 228 Å². The quantitative estimate of drug-likeness (QED) is 0.171. The van der Waals surface area contributed by atoms with Gasteiger partial charge in [0.15, 0.2) is 5.69 Å². The monoisotopic (exact) mass is 851 g/mol. The number of carbonyl (C=O) groups excluding carboxylic acids is 4. The van der Waals surface area contributed by atoms with Crippen molar-refractivity contribution in [2.45, 2.75) is 119 Å². The number of benzene rings is 2. The third-order valence-corrected chi connectivity index (χ3v) is 14.2. The number of H-pyrrole nitrogens is 1. The molecule has 5 aliphatic rings. The van der Waals surface area contributed by atoms with E-state index in [0.29, 0.717) is 60.2 Å². The standard InChI is InChI=1S/C43H49N9O8S/c53-38-34-23-29(59-39-37(44-31-18-11-12-19-32(31)45-39)36-35(48-51-49-36)26-13-5-4-6-14-26)25-52(34)40(54)33(46-42(56)60-28-16-9-10-17-28)20-8-3-1-2-7-15-27-24-43(27,47-38)41(55)50-61(57,58)30-21-22-30/h4-7,11-15,18-19,27-30,33-34H,1-3,8-10,16-17,20-25H2,(H,46,56)(H,47,53)(H,50,55)(H,48,49,51)/b15-7-/t27-,29-,33+,34+,43-/m1/s1. The molecule has 3 saturated carbocycles. The summed E-state index contributed by atoms with van der Waals surface area (Å²) in [6, 6.07) is 14.6. The number of ether oxygens (including phenoxy) is 2. The van der Waals surface area contributed by atoms with Gasteiger partial charge in [0, 0.05) is 17.9 Å². The molecule has 18 heteroatoms. The van der Waals surface area contributed by atoms with Gasteiger partial charge in [-0.3, -0.25) is 19.1 Å². The third kappa shape index (κ3) is 8.67. The molecule has 0 spiro atoms. The summed E-state index contributed by atoms with van der Waals surface area (Å²) in [6.07, 6.45) is 9.76. The molecule has 0 unspecified atom stereocenters. The van der Waals surface area contributed by atoms with Crippen molar-refractivity contribution in [3.05, 3.63) is 66.7 Å². The van der Waals surface area contributed by atoms with Gasteiger partial charge in [0.1, 0.15) is 41.2 Å². The molecule has 4 N–H and O–H groups in total. The average molecular weight is 852 g/mol. The number of carbonyl (C=O) groups is 4. The Labute approximate surface area is 352 Å². The second-order valence-corrected chi connectivity index (χ2v) is 18.7. The van der Waals surface area contributed by atoms with E-state index >= 15 is 0 Å². The first kappa shape index (κ1) is 40.5. The normalized spacial score (nSPS) is 26.6. The van der Waals surface area contributed by atoms with Crippen molar-refractivity contribution in [2.75, 3.05) is 6.54 Å². The van der Waals surface area contributed by atoms with E-state index < -0.39 is 68.7 Å². The Balaban J connectivity index is 1.05. The van der Waals surface area contributed by atoms with Gasteiger partial charge in [-0.25, -0.2) is 23.2 Å². The Hall–Kier alpha value is -5.91. The van der Waals surface area contributed by atoms with Crippen molar-refractivity contribution in [1.29, 1.82) is 0 Å². The van der Waals surface area contributed by atoms with E-state index in [4.69, 9.17) is 19.4 Å². The number of para-hydroxylation sites is 2. The molecule has 4 heterocycles. The molecule has 9 rings (SSSR count). The Bertz CT molecular complexity index is 2450. The molecular weight excluding hydrogens is 803 g/mol. The van der Waals surface area contributed by atoms with Crippen LogP contribution in [0.25, 0.3) is 33.7 Å². The molecule has 4 aromatic rings. The number of rotatable bonds is 9. The molecule has 0 bridgehead atoms. The molecule has 2 aromatic carbocycles. The highest BCUT2D eigenvalue weighted by Gasteiger charge is 2.62. The molecule has 320 valence electrons. The van der Waals surface area contributed by atoms with E-state index in [1.54, 1.807) is 6.07 Å². The van der Waals surface area contributed by atoms with Crippen molar-refractivity contribution in [2.24, 2.45) is 5.92 Å². The molecule has 1 saturated heterocycles. The minimum Gasteiger partial charge on any atom is -0.471 e. The van der Waals surface area contributed by atoms with E-state index in [9.17, 15) is 27.6 Å². The zero-order valence-electron chi connectivity index (χ0n) is 33.6. The molecule has 61 heavy (non-hydrogen) atoms. The summed E-state index contributed by atoms with van der Waals surface area (Å²) in [5, 5.41) is 16.7. The van der Waals surface area contributed by atoms with Crippen LogP contribution in [-0.2, 0) is 29.1 Å². The molecule has 4 fully saturated rings. The number of aromatic nitrogens is 5. The van der Waals surface area contributed by atoms with Crippen molar-refractivity contribution in [3.63, 3.8) is 0 Å². The second kappa shape index (κ2) is 16.9. The fourth-order valence-electron chi connectivity index (χ4n) is 8.75. The van der Waals surface area contributed by atoms with Crippen LogP contribution in [0, 0.1) is 5.92 Å². The summed E-state index contributed by atoms with van der Waals surface area (Å²) in [7, 11) is -3.92. The maximum absolute atomic E-state index is 14.8. The van der Waals surface area contributed by atoms with Crippen LogP contribution in [-0.4, -0.2) is 104 Å². The van der Waals surface area contributed by atoms with Crippen LogP contribution in [0.2, 0.25) is 0 Å². The number of amides is 4. The minimum absolute atomic E-state index is 0.0201. The van der Waals surface area contributed by atoms with Gasteiger partial charge in [0.05, 0.1) is 22.8 Å². The lowest BCUT2D eigenvalue weighted by Gasteiger charge is -2.30. The molecule has 2 aliphatic heterocycles. The fourth-order valence-corrected chi connectivity index (χ4v) is 10.1. The van der Waals surface area contributed by atoms with Crippen molar-refractivity contribution >= 4 is 44.9 Å². The Morgan fingerprint density at radius 3 is 2.31 bits per heavy atom. The number of hydrogen-bond donors (Lipinski definition) is 4. The predicted molar refractivity (Wildman–Crippen MR) is 222 cm³/mol. The maximum Gasteiger partial charge on any atom is 0.408 e. The lowest BCUT2D eigenvalue weighted by Crippen LogP contribution is -2.58. The lowest BCUT2D eigenvalue weighted by atomic mass is 10.0. The molecule has 5 atom stereocenters. The van der Waals surface area contributed by atoms with Gasteiger partial charge < -0.3 is 25.0 Å². The summed E-state index contributed by atoms with van der Waals surface area (Å²) in [5.41, 5.74) is 1.56. The highest BCUT2D eigenvalue weighted by molar-refractivity contribution is 7.91.